The van der Waals surface area contributed by atoms with Gasteiger partial charge in [0.15, 0.2) is 0 Å². The Morgan fingerprint density at radius 1 is 0.682 bits per heavy atom. The molecule has 4 rings (SSSR count). The molecule has 4 aromatic carbocycles. The zero-order chi connectivity index (χ0) is 31.5. The van der Waals surface area contributed by atoms with E-state index in [2.05, 4.69) is 13.2 Å². The fraction of sp³-hybridized carbons (Fsp3) is 0.167. The molecule has 226 valence electrons. The van der Waals surface area contributed by atoms with Crippen LogP contribution in [0.3, 0.4) is 0 Å². The number of benzene rings is 4. The van der Waals surface area contributed by atoms with Gasteiger partial charge >= 0.3 is 11.9 Å². The molecule has 1 atom stereocenters. The minimum atomic E-state index is -0.726. The van der Waals surface area contributed by atoms with Gasteiger partial charge in [-0.2, -0.15) is 0 Å². The third kappa shape index (κ3) is 8.75. The van der Waals surface area contributed by atoms with Crippen molar-refractivity contribution in [2.75, 3.05) is 13.2 Å². The highest BCUT2D eigenvalue weighted by molar-refractivity contribution is 5.93. The van der Waals surface area contributed by atoms with Crippen LogP contribution in [0.25, 0.3) is 12.2 Å². The summed E-state index contributed by atoms with van der Waals surface area (Å²) in [5, 5.41) is 20.7. The zero-order valence-electron chi connectivity index (χ0n) is 24.4. The van der Waals surface area contributed by atoms with E-state index >= 15 is 0 Å². The lowest BCUT2D eigenvalue weighted by atomic mass is 10.1. The molecule has 8 nitrogen and oxygen atoms in total. The molecule has 0 amide bonds. The molecule has 8 heteroatoms. The van der Waals surface area contributed by atoms with Crippen molar-refractivity contribution < 1.29 is 38.7 Å². The Balaban J connectivity index is 1.21. The number of carbonyl (C=O) groups excluding carboxylic acids is 2. The molecule has 0 bridgehead atoms. The molecule has 0 radical (unpaired) electrons. The van der Waals surface area contributed by atoms with Gasteiger partial charge in [-0.3, -0.25) is 0 Å². The summed E-state index contributed by atoms with van der Waals surface area (Å²) in [7, 11) is 0. The molecule has 44 heavy (non-hydrogen) atoms. The van der Waals surface area contributed by atoms with Crippen LogP contribution in [0.1, 0.15) is 49.9 Å². The van der Waals surface area contributed by atoms with Gasteiger partial charge in [-0.25, -0.2) is 9.59 Å². The number of aromatic hydroxyl groups is 2. The lowest BCUT2D eigenvalue weighted by Gasteiger charge is -2.14. The number of esters is 2. The van der Waals surface area contributed by atoms with Crippen LogP contribution in [-0.2, 0) is 22.7 Å². The van der Waals surface area contributed by atoms with Crippen molar-refractivity contribution >= 4 is 24.1 Å². The number of phenols is 2. The highest BCUT2D eigenvalue weighted by Gasteiger charge is 2.18. The first-order chi connectivity index (χ1) is 21.2. The van der Waals surface area contributed by atoms with Crippen LogP contribution >= 0.6 is 0 Å². The Labute approximate surface area is 256 Å². The molecule has 0 aromatic heterocycles. The molecule has 0 spiro atoms. The van der Waals surface area contributed by atoms with E-state index in [1.807, 2.05) is 48.5 Å². The highest BCUT2D eigenvalue weighted by atomic mass is 16.5. The average molecular weight is 595 g/mol. The molecule has 0 saturated heterocycles. The second kappa shape index (κ2) is 15.1. The van der Waals surface area contributed by atoms with Gasteiger partial charge < -0.3 is 29.2 Å². The number of rotatable bonds is 14. The first-order valence-electron chi connectivity index (χ1n) is 13.9. The second-order valence-electron chi connectivity index (χ2n) is 10.1. The van der Waals surface area contributed by atoms with E-state index in [0.29, 0.717) is 11.5 Å². The maximum Gasteiger partial charge on any atom is 0.341 e. The minimum absolute atomic E-state index is 0.0162. The molecule has 0 saturated carbocycles. The van der Waals surface area contributed by atoms with Gasteiger partial charge in [0.2, 0.25) is 0 Å². The quantitative estimate of drug-likeness (QED) is 0.148. The number of phenolic OH excluding ortho intramolecular Hbond substituents is 2. The molecule has 0 heterocycles. The minimum Gasteiger partial charge on any atom is -0.507 e. The van der Waals surface area contributed by atoms with Gasteiger partial charge in [-0.05, 0) is 52.6 Å². The van der Waals surface area contributed by atoms with Gasteiger partial charge in [0.1, 0.15) is 47.3 Å². The summed E-state index contributed by atoms with van der Waals surface area (Å²) in [6, 6.07) is 24.1. The second-order valence-corrected chi connectivity index (χ2v) is 10.1. The summed E-state index contributed by atoms with van der Waals surface area (Å²) in [4.78, 5) is 25.1. The van der Waals surface area contributed by atoms with E-state index in [1.54, 1.807) is 31.2 Å². The van der Waals surface area contributed by atoms with Crippen molar-refractivity contribution in [2.45, 2.75) is 20.1 Å². The van der Waals surface area contributed by atoms with Gasteiger partial charge in [0, 0.05) is 18.1 Å². The van der Waals surface area contributed by atoms with Crippen LogP contribution in [0.15, 0.2) is 98.1 Å². The Hall–Kier alpha value is -5.50. The predicted molar refractivity (Wildman–Crippen MR) is 168 cm³/mol. The normalized spacial score (nSPS) is 11.2. The molecular weight excluding hydrogens is 560 g/mol. The van der Waals surface area contributed by atoms with Crippen LogP contribution in [0.5, 0.6) is 23.0 Å². The standard InChI is InChI=1S/C36H34O8/c1-4-25-9-11-27(12-10-25)22-41-29-13-15-31(33(37)18-29)35(39)43-20-24(3)21-44-36(40)32-16-14-30(19-34(32)38)42-23-28-8-6-7-26(5-2)17-28/h4-19,24,37-38H,1-2,20-23H2,3H3. The molecule has 2 N–H and O–H groups in total. The summed E-state index contributed by atoms with van der Waals surface area (Å²) in [5.74, 6) is -1.57. The van der Waals surface area contributed by atoms with Gasteiger partial charge in [0.05, 0.1) is 13.2 Å². The Morgan fingerprint density at radius 3 is 1.70 bits per heavy atom. The van der Waals surface area contributed by atoms with Crippen LogP contribution in [0, 0.1) is 5.92 Å². The van der Waals surface area contributed by atoms with Gasteiger partial charge in [-0.1, -0.05) is 74.7 Å². The molecule has 0 aliphatic heterocycles. The van der Waals surface area contributed by atoms with Crippen molar-refractivity contribution in [1.29, 1.82) is 0 Å². The fourth-order valence-electron chi connectivity index (χ4n) is 4.08. The maximum atomic E-state index is 12.6. The first kappa shape index (κ1) is 31.4. The van der Waals surface area contributed by atoms with Crippen molar-refractivity contribution in [1.82, 2.24) is 0 Å². The van der Waals surface area contributed by atoms with Crippen molar-refractivity contribution in [3.05, 3.63) is 131 Å². The molecule has 0 aliphatic rings. The van der Waals surface area contributed by atoms with Crippen LogP contribution in [-0.4, -0.2) is 35.4 Å². The number of hydrogen-bond acceptors (Lipinski definition) is 8. The van der Waals surface area contributed by atoms with Crippen molar-refractivity contribution in [3.63, 3.8) is 0 Å². The Bertz CT molecular complexity index is 1620. The summed E-state index contributed by atoms with van der Waals surface area (Å²) in [6.07, 6.45) is 3.50. The fourth-order valence-corrected chi connectivity index (χ4v) is 4.08. The van der Waals surface area contributed by atoms with Crippen LogP contribution in [0.2, 0.25) is 0 Å². The Morgan fingerprint density at radius 2 is 1.20 bits per heavy atom. The predicted octanol–water partition coefficient (Wildman–Crippen LogP) is 7.19. The van der Waals surface area contributed by atoms with Gasteiger partial charge in [-0.15, -0.1) is 0 Å². The molecule has 4 aromatic rings. The number of hydrogen-bond donors (Lipinski definition) is 2. The summed E-state index contributed by atoms with van der Waals surface area (Å²) in [6.45, 7) is 9.66. The SMILES string of the molecule is C=Cc1ccc(COc2ccc(C(=O)OCC(C)COC(=O)c3ccc(OCc4cccc(C=C)c4)cc3O)c(O)c2)cc1. The molecule has 0 fully saturated rings. The molecule has 1 unspecified atom stereocenters. The van der Waals surface area contributed by atoms with E-state index < -0.39 is 11.9 Å². The first-order valence-corrected chi connectivity index (χ1v) is 13.9. The van der Waals surface area contributed by atoms with Crippen LogP contribution < -0.4 is 9.47 Å². The zero-order valence-corrected chi connectivity index (χ0v) is 24.4. The third-order valence-corrected chi connectivity index (χ3v) is 6.59. The summed E-state index contributed by atoms with van der Waals surface area (Å²) < 4.78 is 22.0. The Kier molecular flexibility index (Phi) is 10.8. The lowest BCUT2D eigenvalue weighted by molar-refractivity contribution is 0.0280. The van der Waals surface area contributed by atoms with Crippen molar-refractivity contribution in [2.24, 2.45) is 5.92 Å². The maximum absolute atomic E-state index is 12.6. The summed E-state index contributed by atoms with van der Waals surface area (Å²) in [5.41, 5.74) is 3.81. The van der Waals surface area contributed by atoms with Crippen LogP contribution in [0.4, 0.5) is 0 Å². The van der Waals surface area contributed by atoms with E-state index in [9.17, 15) is 19.8 Å². The van der Waals surface area contributed by atoms with Crippen molar-refractivity contribution in [3.8, 4) is 23.0 Å². The third-order valence-electron chi connectivity index (χ3n) is 6.59. The smallest absolute Gasteiger partial charge is 0.341 e. The molecule has 0 aliphatic carbocycles. The molecular formula is C36H34O8. The van der Waals surface area contributed by atoms with Gasteiger partial charge in [0.25, 0.3) is 0 Å². The van der Waals surface area contributed by atoms with E-state index in [0.717, 1.165) is 22.3 Å². The average Bonchev–Trinajstić information content (AvgIpc) is 3.04. The highest BCUT2D eigenvalue weighted by Crippen LogP contribution is 2.27. The number of ether oxygens (including phenoxy) is 4. The summed E-state index contributed by atoms with van der Waals surface area (Å²) >= 11 is 0. The monoisotopic (exact) mass is 594 g/mol. The van der Waals surface area contributed by atoms with E-state index in [1.165, 1.54) is 24.3 Å². The topological polar surface area (TPSA) is 112 Å². The van der Waals surface area contributed by atoms with E-state index in [-0.39, 0.29) is 55.0 Å². The van der Waals surface area contributed by atoms with E-state index in [4.69, 9.17) is 18.9 Å². The lowest BCUT2D eigenvalue weighted by Crippen LogP contribution is -2.19. The largest absolute Gasteiger partial charge is 0.507 e. The number of carbonyl (C=O) groups is 2.